The molecule has 0 atom stereocenters. The lowest BCUT2D eigenvalue weighted by Crippen LogP contribution is -2.29. The zero-order valence-electron chi connectivity index (χ0n) is 12.1. The molecule has 1 saturated carbocycles. The Bertz CT molecular complexity index is 427. The van der Waals surface area contributed by atoms with E-state index in [1.807, 2.05) is 11.6 Å². The van der Waals surface area contributed by atoms with Crippen molar-refractivity contribution in [3.05, 3.63) is 16.4 Å². The molecule has 0 aliphatic heterocycles. The number of rotatable bonds is 8. The van der Waals surface area contributed by atoms with Crippen molar-refractivity contribution in [2.24, 2.45) is 5.41 Å². The zero-order valence-corrected chi connectivity index (χ0v) is 12.9. The van der Waals surface area contributed by atoms with E-state index in [1.165, 1.54) is 18.5 Å². The van der Waals surface area contributed by atoms with Gasteiger partial charge in [-0.05, 0) is 38.5 Å². The second-order valence-corrected chi connectivity index (χ2v) is 5.89. The van der Waals surface area contributed by atoms with E-state index in [0.29, 0.717) is 5.41 Å². The van der Waals surface area contributed by atoms with Crippen LogP contribution < -0.4 is 5.32 Å². The first-order valence-corrected chi connectivity index (χ1v) is 7.41. The van der Waals surface area contributed by atoms with Gasteiger partial charge in [-0.3, -0.25) is 4.68 Å². The van der Waals surface area contributed by atoms with Crippen LogP contribution in [0.1, 0.15) is 31.2 Å². The molecular formula is C14H24ClN3O. The highest BCUT2D eigenvalue weighted by Gasteiger charge is 2.43. The van der Waals surface area contributed by atoms with Gasteiger partial charge in [-0.15, -0.1) is 0 Å². The Kier molecular flexibility index (Phi) is 4.87. The average molecular weight is 286 g/mol. The lowest BCUT2D eigenvalue weighted by molar-refractivity contribution is 0.197. The fourth-order valence-corrected chi connectivity index (χ4v) is 2.72. The maximum Gasteiger partial charge on any atom is 0.0847 e. The molecule has 19 heavy (non-hydrogen) atoms. The van der Waals surface area contributed by atoms with E-state index in [1.54, 1.807) is 7.11 Å². The molecular weight excluding hydrogens is 262 g/mol. The van der Waals surface area contributed by atoms with Crippen LogP contribution in [0.2, 0.25) is 5.02 Å². The number of methoxy groups -OCH3 is 1. The molecule has 1 aliphatic carbocycles. The molecule has 1 aliphatic rings. The second kappa shape index (κ2) is 6.25. The van der Waals surface area contributed by atoms with E-state index in [9.17, 15) is 0 Å². The third-order valence-electron chi connectivity index (χ3n) is 3.94. The van der Waals surface area contributed by atoms with E-state index in [4.69, 9.17) is 16.3 Å². The topological polar surface area (TPSA) is 39.1 Å². The molecule has 1 heterocycles. The smallest absolute Gasteiger partial charge is 0.0847 e. The van der Waals surface area contributed by atoms with Gasteiger partial charge < -0.3 is 10.1 Å². The number of aryl methyl sites for hydroxylation is 2. The lowest BCUT2D eigenvalue weighted by Gasteiger charge is -2.17. The van der Waals surface area contributed by atoms with Crippen LogP contribution in [0.15, 0.2) is 0 Å². The number of hydrogen-bond acceptors (Lipinski definition) is 3. The molecule has 0 amide bonds. The summed E-state index contributed by atoms with van der Waals surface area (Å²) in [6.07, 6.45) is 3.58. The number of nitrogens with zero attached hydrogens (tertiary/aromatic N) is 2. The summed E-state index contributed by atoms with van der Waals surface area (Å²) >= 11 is 6.39. The van der Waals surface area contributed by atoms with Crippen LogP contribution in [0, 0.1) is 12.3 Å². The Morgan fingerprint density at radius 2 is 2.21 bits per heavy atom. The summed E-state index contributed by atoms with van der Waals surface area (Å²) in [5.41, 5.74) is 2.53. The largest absolute Gasteiger partial charge is 0.383 e. The number of aromatic nitrogens is 2. The fourth-order valence-electron chi connectivity index (χ4n) is 2.51. The second-order valence-electron chi connectivity index (χ2n) is 5.51. The van der Waals surface area contributed by atoms with E-state index in [-0.39, 0.29) is 0 Å². The van der Waals surface area contributed by atoms with Gasteiger partial charge in [-0.25, -0.2) is 0 Å². The molecule has 1 aromatic rings. The van der Waals surface area contributed by atoms with Crippen LogP contribution in [0.3, 0.4) is 0 Å². The molecule has 0 aromatic carbocycles. The highest BCUT2D eigenvalue weighted by molar-refractivity contribution is 6.31. The van der Waals surface area contributed by atoms with E-state index in [2.05, 4.69) is 17.3 Å². The minimum atomic E-state index is 0.386. The summed E-state index contributed by atoms with van der Waals surface area (Å²) in [4.78, 5) is 0. The van der Waals surface area contributed by atoms with Gasteiger partial charge in [0.15, 0.2) is 0 Å². The maximum absolute atomic E-state index is 6.39. The molecule has 108 valence electrons. The van der Waals surface area contributed by atoms with Crippen LogP contribution in [-0.2, 0) is 17.7 Å². The van der Waals surface area contributed by atoms with Crippen LogP contribution in [0.25, 0.3) is 0 Å². The lowest BCUT2D eigenvalue weighted by atomic mass is 10.00. The predicted molar refractivity (Wildman–Crippen MR) is 77.8 cm³/mol. The van der Waals surface area contributed by atoms with Gasteiger partial charge in [-0.2, -0.15) is 5.10 Å². The van der Waals surface area contributed by atoms with Gasteiger partial charge in [0, 0.05) is 26.7 Å². The first kappa shape index (κ1) is 14.8. The molecule has 2 rings (SSSR count). The average Bonchev–Trinajstić information content (AvgIpc) is 3.12. The quantitative estimate of drug-likeness (QED) is 0.746. The fraction of sp³-hybridized carbons (Fsp3) is 0.786. The molecule has 5 heteroatoms. The molecule has 0 saturated heterocycles. The molecule has 1 aromatic heterocycles. The standard InChI is InChI=1S/C14H24ClN3O/c1-4-18-12(13(15)11(2)17-18)9-14(5-6-14)10-16-7-8-19-3/h16H,4-10H2,1-3H3. The number of ether oxygens (including phenoxy) is 1. The van der Waals surface area contributed by atoms with Crippen molar-refractivity contribution in [3.63, 3.8) is 0 Å². The normalized spacial score (nSPS) is 16.8. The number of hydrogen-bond donors (Lipinski definition) is 1. The SMILES string of the molecule is CCn1nc(C)c(Cl)c1CC1(CNCCOC)CC1. The Labute approximate surface area is 120 Å². The molecule has 0 spiro atoms. The first-order chi connectivity index (χ1) is 9.12. The Balaban J connectivity index is 1.96. The van der Waals surface area contributed by atoms with Gasteiger partial charge in [0.05, 0.1) is 23.0 Å². The molecule has 0 unspecified atom stereocenters. The predicted octanol–water partition coefficient (Wildman–Crippen LogP) is 2.42. The highest BCUT2D eigenvalue weighted by Crippen LogP contribution is 2.48. The van der Waals surface area contributed by atoms with Gasteiger partial charge >= 0.3 is 0 Å². The summed E-state index contributed by atoms with van der Waals surface area (Å²) in [6.45, 7) is 7.70. The summed E-state index contributed by atoms with van der Waals surface area (Å²) in [5.74, 6) is 0. The molecule has 0 bridgehead atoms. The van der Waals surface area contributed by atoms with Crippen LogP contribution in [0.5, 0.6) is 0 Å². The van der Waals surface area contributed by atoms with E-state index < -0.39 is 0 Å². The van der Waals surface area contributed by atoms with E-state index in [0.717, 1.165) is 43.4 Å². The van der Waals surface area contributed by atoms with Crippen LogP contribution in [-0.4, -0.2) is 36.6 Å². The Hall–Kier alpha value is -0.580. The Morgan fingerprint density at radius 3 is 2.79 bits per heavy atom. The van der Waals surface area contributed by atoms with Crippen LogP contribution >= 0.6 is 11.6 Å². The van der Waals surface area contributed by atoms with Crippen molar-refractivity contribution in [1.29, 1.82) is 0 Å². The van der Waals surface area contributed by atoms with E-state index >= 15 is 0 Å². The zero-order chi connectivity index (χ0) is 13.9. The molecule has 1 fully saturated rings. The van der Waals surface area contributed by atoms with Gasteiger partial charge in [0.25, 0.3) is 0 Å². The summed E-state index contributed by atoms with van der Waals surface area (Å²) < 4.78 is 7.10. The van der Waals surface area contributed by atoms with Crippen molar-refractivity contribution in [1.82, 2.24) is 15.1 Å². The van der Waals surface area contributed by atoms with Crippen molar-refractivity contribution >= 4 is 11.6 Å². The van der Waals surface area contributed by atoms with Crippen molar-refractivity contribution < 1.29 is 4.74 Å². The van der Waals surface area contributed by atoms with Gasteiger partial charge in [0.1, 0.15) is 0 Å². The van der Waals surface area contributed by atoms with Crippen molar-refractivity contribution in [2.45, 2.75) is 39.7 Å². The third-order valence-corrected chi connectivity index (χ3v) is 4.43. The highest BCUT2D eigenvalue weighted by atomic mass is 35.5. The summed E-state index contributed by atoms with van der Waals surface area (Å²) in [7, 11) is 1.73. The maximum atomic E-state index is 6.39. The monoisotopic (exact) mass is 285 g/mol. The molecule has 4 nitrogen and oxygen atoms in total. The number of halogens is 1. The summed E-state index contributed by atoms with van der Waals surface area (Å²) in [6, 6.07) is 0. The summed E-state index contributed by atoms with van der Waals surface area (Å²) in [5, 5.41) is 8.82. The number of nitrogens with one attached hydrogen (secondary N) is 1. The molecule has 0 radical (unpaired) electrons. The third kappa shape index (κ3) is 3.50. The van der Waals surface area contributed by atoms with Crippen molar-refractivity contribution in [2.75, 3.05) is 26.8 Å². The minimum Gasteiger partial charge on any atom is -0.383 e. The van der Waals surface area contributed by atoms with Gasteiger partial charge in [-0.1, -0.05) is 11.6 Å². The Morgan fingerprint density at radius 1 is 1.47 bits per heavy atom. The van der Waals surface area contributed by atoms with Crippen LogP contribution in [0.4, 0.5) is 0 Å². The van der Waals surface area contributed by atoms with Crippen molar-refractivity contribution in [3.8, 4) is 0 Å². The molecule has 1 N–H and O–H groups in total. The first-order valence-electron chi connectivity index (χ1n) is 7.03. The van der Waals surface area contributed by atoms with Gasteiger partial charge in [0.2, 0.25) is 0 Å². The minimum absolute atomic E-state index is 0.386.